The molecule has 3 heterocycles. The SMILES string of the molecule is O=S(=O)(c1ccc2ccccc2c1)N1CCC(Oc2ccc(-n3cccn3)nn2)CC1. The van der Waals surface area contributed by atoms with Crippen molar-refractivity contribution >= 4 is 20.8 Å². The van der Waals surface area contributed by atoms with Crippen LogP contribution in [0.5, 0.6) is 5.88 Å². The fraction of sp³-hybridized carbons (Fsp3) is 0.227. The molecule has 0 aliphatic carbocycles. The number of fused-ring (bicyclic) bond motifs is 1. The Hall–Kier alpha value is -3.30. The van der Waals surface area contributed by atoms with E-state index < -0.39 is 10.0 Å². The molecule has 0 N–H and O–H groups in total. The molecule has 158 valence electrons. The van der Waals surface area contributed by atoms with E-state index in [1.54, 1.807) is 41.3 Å². The van der Waals surface area contributed by atoms with Crippen LogP contribution in [0.3, 0.4) is 0 Å². The summed E-state index contributed by atoms with van der Waals surface area (Å²) in [6.45, 7) is 0.803. The summed E-state index contributed by atoms with van der Waals surface area (Å²) in [7, 11) is -3.54. The number of hydrogen-bond donors (Lipinski definition) is 0. The lowest BCUT2D eigenvalue weighted by Gasteiger charge is -2.31. The van der Waals surface area contributed by atoms with Gasteiger partial charge in [0.05, 0.1) is 4.90 Å². The lowest BCUT2D eigenvalue weighted by molar-refractivity contribution is 0.128. The highest BCUT2D eigenvalue weighted by molar-refractivity contribution is 7.89. The zero-order valence-corrected chi connectivity index (χ0v) is 17.5. The van der Waals surface area contributed by atoms with E-state index in [1.807, 2.05) is 36.4 Å². The second-order valence-corrected chi connectivity index (χ2v) is 9.35. The van der Waals surface area contributed by atoms with E-state index in [1.165, 1.54) is 4.31 Å². The van der Waals surface area contributed by atoms with Gasteiger partial charge in [0.1, 0.15) is 6.10 Å². The summed E-state index contributed by atoms with van der Waals surface area (Å²) in [6, 6.07) is 18.4. The molecule has 2 aromatic carbocycles. The van der Waals surface area contributed by atoms with Crippen molar-refractivity contribution in [2.24, 2.45) is 0 Å². The van der Waals surface area contributed by atoms with Crippen LogP contribution >= 0.6 is 0 Å². The van der Waals surface area contributed by atoms with Gasteiger partial charge in [0.2, 0.25) is 15.9 Å². The first-order chi connectivity index (χ1) is 15.1. The van der Waals surface area contributed by atoms with E-state index in [0.29, 0.717) is 42.5 Å². The Morgan fingerprint density at radius 2 is 1.71 bits per heavy atom. The highest BCUT2D eigenvalue weighted by Crippen LogP contribution is 2.25. The van der Waals surface area contributed by atoms with E-state index in [-0.39, 0.29) is 6.10 Å². The third kappa shape index (κ3) is 4.01. The molecule has 2 aromatic heterocycles. The minimum Gasteiger partial charge on any atom is -0.473 e. The number of nitrogens with zero attached hydrogens (tertiary/aromatic N) is 5. The van der Waals surface area contributed by atoms with E-state index >= 15 is 0 Å². The van der Waals surface area contributed by atoms with Crippen molar-refractivity contribution in [2.75, 3.05) is 13.1 Å². The van der Waals surface area contributed by atoms with Crippen molar-refractivity contribution in [3.8, 4) is 11.7 Å². The van der Waals surface area contributed by atoms with Crippen LogP contribution in [0.15, 0.2) is 78.0 Å². The quantitative estimate of drug-likeness (QED) is 0.479. The Bertz CT molecular complexity index is 1280. The van der Waals surface area contributed by atoms with Gasteiger partial charge in [0.15, 0.2) is 5.82 Å². The molecule has 0 spiro atoms. The summed E-state index contributed by atoms with van der Waals surface area (Å²) in [4.78, 5) is 0.325. The van der Waals surface area contributed by atoms with Crippen LogP contribution in [0.4, 0.5) is 0 Å². The van der Waals surface area contributed by atoms with E-state index in [4.69, 9.17) is 4.74 Å². The highest BCUT2D eigenvalue weighted by Gasteiger charge is 2.30. The molecule has 0 unspecified atom stereocenters. The second-order valence-electron chi connectivity index (χ2n) is 7.41. The number of sulfonamides is 1. The lowest BCUT2D eigenvalue weighted by Crippen LogP contribution is -2.41. The van der Waals surface area contributed by atoms with Crippen LogP contribution in [0.2, 0.25) is 0 Å². The van der Waals surface area contributed by atoms with Crippen LogP contribution in [0.25, 0.3) is 16.6 Å². The molecule has 0 atom stereocenters. The monoisotopic (exact) mass is 435 g/mol. The molecule has 8 nitrogen and oxygen atoms in total. The fourth-order valence-corrected chi connectivity index (χ4v) is 5.25. The first-order valence-electron chi connectivity index (χ1n) is 10.1. The number of ether oxygens (including phenoxy) is 1. The Labute approximate surface area is 180 Å². The van der Waals surface area contributed by atoms with Crippen LogP contribution < -0.4 is 4.74 Å². The third-order valence-electron chi connectivity index (χ3n) is 5.41. The molecule has 5 rings (SSSR count). The van der Waals surface area contributed by atoms with Crippen molar-refractivity contribution in [2.45, 2.75) is 23.8 Å². The average Bonchev–Trinajstić information content (AvgIpc) is 3.35. The van der Waals surface area contributed by atoms with Gasteiger partial charge in [-0.05, 0) is 47.9 Å². The van der Waals surface area contributed by atoms with Crippen molar-refractivity contribution in [1.82, 2.24) is 24.3 Å². The molecule has 1 saturated heterocycles. The van der Waals surface area contributed by atoms with Crippen molar-refractivity contribution in [1.29, 1.82) is 0 Å². The van der Waals surface area contributed by atoms with E-state index in [0.717, 1.165) is 10.8 Å². The topological polar surface area (TPSA) is 90.2 Å². The summed E-state index contributed by atoms with van der Waals surface area (Å²) < 4.78 is 35.3. The summed E-state index contributed by atoms with van der Waals surface area (Å²) in [5, 5.41) is 14.3. The van der Waals surface area contributed by atoms with Gasteiger partial charge in [0, 0.05) is 31.5 Å². The van der Waals surface area contributed by atoms with Gasteiger partial charge < -0.3 is 4.74 Å². The largest absolute Gasteiger partial charge is 0.473 e. The maximum atomic E-state index is 13.1. The molecular weight excluding hydrogens is 414 g/mol. The first kappa shape index (κ1) is 19.7. The van der Waals surface area contributed by atoms with Crippen LogP contribution in [0, 0.1) is 0 Å². The number of rotatable bonds is 5. The highest BCUT2D eigenvalue weighted by atomic mass is 32.2. The maximum Gasteiger partial charge on any atom is 0.243 e. The molecule has 1 aliphatic rings. The minimum atomic E-state index is -3.54. The van der Waals surface area contributed by atoms with E-state index in [9.17, 15) is 8.42 Å². The molecule has 1 aliphatic heterocycles. The Morgan fingerprint density at radius 1 is 0.903 bits per heavy atom. The molecule has 1 fully saturated rings. The number of aromatic nitrogens is 4. The molecule has 0 bridgehead atoms. The predicted octanol–water partition coefficient (Wildman–Crippen LogP) is 3.05. The predicted molar refractivity (Wildman–Crippen MR) is 116 cm³/mol. The normalized spacial score (nSPS) is 15.9. The summed E-state index contributed by atoms with van der Waals surface area (Å²) >= 11 is 0. The maximum absolute atomic E-state index is 13.1. The summed E-state index contributed by atoms with van der Waals surface area (Å²) in [6.07, 6.45) is 4.54. The zero-order valence-electron chi connectivity index (χ0n) is 16.7. The Balaban J connectivity index is 1.23. The molecule has 4 aromatic rings. The van der Waals surface area contributed by atoms with Crippen molar-refractivity contribution < 1.29 is 13.2 Å². The van der Waals surface area contributed by atoms with Crippen LogP contribution in [-0.2, 0) is 10.0 Å². The Morgan fingerprint density at radius 3 is 2.42 bits per heavy atom. The number of piperidine rings is 1. The van der Waals surface area contributed by atoms with Gasteiger partial charge in [-0.2, -0.15) is 9.40 Å². The van der Waals surface area contributed by atoms with Crippen LogP contribution in [0.1, 0.15) is 12.8 Å². The Kier molecular flexibility index (Phi) is 5.13. The van der Waals surface area contributed by atoms with E-state index in [2.05, 4.69) is 15.3 Å². The van der Waals surface area contributed by atoms with Gasteiger partial charge in [-0.3, -0.25) is 0 Å². The minimum absolute atomic E-state index is 0.104. The van der Waals surface area contributed by atoms with Gasteiger partial charge in [-0.1, -0.05) is 30.3 Å². The summed E-state index contributed by atoms with van der Waals surface area (Å²) in [5.74, 6) is 1.03. The molecule has 0 radical (unpaired) electrons. The molecule has 31 heavy (non-hydrogen) atoms. The molecule has 9 heteroatoms. The fourth-order valence-electron chi connectivity index (χ4n) is 3.74. The van der Waals surface area contributed by atoms with Gasteiger partial charge in [0.25, 0.3) is 0 Å². The lowest BCUT2D eigenvalue weighted by atomic mass is 10.1. The zero-order chi connectivity index (χ0) is 21.3. The number of hydrogen-bond acceptors (Lipinski definition) is 6. The smallest absolute Gasteiger partial charge is 0.243 e. The molecule has 0 amide bonds. The standard InChI is InChI=1S/C22H21N5O3S/c28-31(29,20-7-6-17-4-1-2-5-18(17)16-20)26-14-10-19(11-15-26)30-22-9-8-21(24-25-22)27-13-3-12-23-27/h1-9,12-13,16,19H,10-11,14-15H2. The molecular formula is C22H21N5O3S. The van der Waals surface area contributed by atoms with Gasteiger partial charge in [-0.25, -0.2) is 13.1 Å². The second kappa shape index (κ2) is 8.09. The third-order valence-corrected chi connectivity index (χ3v) is 7.31. The number of benzene rings is 2. The van der Waals surface area contributed by atoms with Gasteiger partial charge >= 0.3 is 0 Å². The summed E-state index contributed by atoms with van der Waals surface area (Å²) in [5.41, 5.74) is 0. The van der Waals surface area contributed by atoms with Crippen LogP contribution in [-0.4, -0.2) is 51.9 Å². The average molecular weight is 436 g/mol. The van der Waals surface area contributed by atoms with Crippen molar-refractivity contribution in [3.63, 3.8) is 0 Å². The first-order valence-corrected chi connectivity index (χ1v) is 11.5. The van der Waals surface area contributed by atoms with Crippen molar-refractivity contribution in [3.05, 3.63) is 73.1 Å². The van der Waals surface area contributed by atoms with Gasteiger partial charge in [-0.15, -0.1) is 10.2 Å². The molecule has 0 saturated carbocycles.